The average molecular weight is 204 g/mol. The molecule has 0 amide bonds. The van der Waals surface area contributed by atoms with Gasteiger partial charge >= 0.3 is 0 Å². The van der Waals surface area contributed by atoms with E-state index in [1.165, 1.54) is 6.04 Å². The van der Waals surface area contributed by atoms with Crippen molar-refractivity contribution in [3.05, 3.63) is 0 Å². The van der Waals surface area contributed by atoms with Gasteiger partial charge in [-0.1, -0.05) is 19.6 Å². The van der Waals surface area contributed by atoms with Crippen LogP contribution in [0.4, 0.5) is 0 Å². The van der Waals surface area contributed by atoms with Gasteiger partial charge < -0.3 is 4.43 Å². The van der Waals surface area contributed by atoms with Gasteiger partial charge in [0.25, 0.3) is 0 Å². The van der Waals surface area contributed by atoms with Crippen molar-refractivity contribution in [1.29, 1.82) is 0 Å². The molecule has 0 aromatic rings. The van der Waals surface area contributed by atoms with Crippen molar-refractivity contribution < 1.29 is 4.43 Å². The van der Waals surface area contributed by atoms with Crippen LogP contribution in [-0.2, 0) is 4.43 Å². The first-order valence-electron chi connectivity index (χ1n) is 4.78. The molecule has 0 bridgehead atoms. The molecule has 0 radical (unpaired) electrons. The minimum Gasteiger partial charge on any atom is -0.415 e. The van der Waals surface area contributed by atoms with Crippen molar-refractivity contribution in [3.63, 3.8) is 0 Å². The molecule has 1 atom stereocenters. The molecule has 0 saturated heterocycles. The second-order valence-electron chi connectivity index (χ2n) is 5.81. The summed E-state index contributed by atoms with van der Waals surface area (Å²) >= 11 is 0. The van der Waals surface area contributed by atoms with Gasteiger partial charge in [-0.15, -0.1) is 0 Å². The Balaban J connectivity index is 3.83. The highest BCUT2D eigenvalue weighted by Crippen LogP contribution is 2.17. The molecular formula is C9H24OSi2. The van der Waals surface area contributed by atoms with Crippen LogP contribution in [0.2, 0.25) is 45.3 Å². The van der Waals surface area contributed by atoms with E-state index in [4.69, 9.17) is 4.43 Å². The molecule has 1 unspecified atom stereocenters. The van der Waals surface area contributed by atoms with Gasteiger partial charge in [0.2, 0.25) is 0 Å². The average Bonchev–Trinajstić information content (AvgIpc) is 1.49. The molecule has 0 aliphatic rings. The third kappa shape index (κ3) is 8.49. The maximum atomic E-state index is 5.99. The molecular weight excluding hydrogens is 180 g/mol. The van der Waals surface area contributed by atoms with Gasteiger partial charge in [-0.3, -0.25) is 0 Å². The van der Waals surface area contributed by atoms with Crippen molar-refractivity contribution in [2.24, 2.45) is 0 Å². The molecule has 0 spiro atoms. The highest BCUT2D eigenvalue weighted by molar-refractivity contribution is 6.76. The third-order valence-corrected chi connectivity index (χ3v) is 4.36. The first kappa shape index (κ1) is 12.4. The molecule has 74 valence electrons. The van der Waals surface area contributed by atoms with Gasteiger partial charge in [-0.05, 0) is 32.6 Å². The molecule has 0 saturated carbocycles. The van der Waals surface area contributed by atoms with Crippen LogP contribution in [0.3, 0.4) is 0 Å². The second kappa shape index (κ2) is 4.07. The Morgan fingerprint density at radius 3 is 1.67 bits per heavy atom. The number of hydrogen-bond donors (Lipinski definition) is 0. The van der Waals surface area contributed by atoms with Crippen LogP contribution in [0.15, 0.2) is 0 Å². The van der Waals surface area contributed by atoms with Gasteiger partial charge in [0.05, 0.1) is 0 Å². The Morgan fingerprint density at radius 1 is 1.00 bits per heavy atom. The summed E-state index contributed by atoms with van der Waals surface area (Å²) in [5, 5.41) is 0. The maximum Gasteiger partial charge on any atom is 0.184 e. The largest absolute Gasteiger partial charge is 0.415 e. The Bertz CT molecular complexity index is 116. The summed E-state index contributed by atoms with van der Waals surface area (Å²) in [5.41, 5.74) is 0. The monoisotopic (exact) mass is 204 g/mol. The summed E-state index contributed by atoms with van der Waals surface area (Å²) in [6, 6.07) is 1.29. The molecule has 3 heteroatoms. The van der Waals surface area contributed by atoms with Crippen molar-refractivity contribution in [2.45, 2.75) is 58.4 Å². The smallest absolute Gasteiger partial charge is 0.184 e. The quantitative estimate of drug-likeness (QED) is 0.636. The van der Waals surface area contributed by atoms with Crippen molar-refractivity contribution in [3.8, 4) is 0 Å². The fourth-order valence-corrected chi connectivity index (χ4v) is 4.77. The van der Waals surface area contributed by atoms with E-state index in [9.17, 15) is 0 Å². The fraction of sp³-hybridized carbons (Fsp3) is 1.00. The molecule has 0 heterocycles. The lowest BCUT2D eigenvalue weighted by atomic mass is 10.5. The summed E-state index contributed by atoms with van der Waals surface area (Å²) in [5.74, 6) is 0. The molecule has 0 aliphatic heterocycles. The van der Waals surface area contributed by atoms with Crippen LogP contribution in [0.25, 0.3) is 0 Å². The van der Waals surface area contributed by atoms with E-state index in [1.54, 1.807) is 0 Å². The highest BCUT2D eigenvalue weighted by Gasteiger charge is 2.23. The van der Waals surface area contributed by atoms with E-state index in [2.05, 4.69) is 46.2 Å². The second-order valence-corrected chi connectivity index (χ2v) is 15.8. The van der Waals surface area contributed by atoms with E-state index < -0.39 is 16.4 Å². The SMILES string of the molecule is CC(C[Si](C)(C)C)O[Si](C)(C)C. The summed E-state index contributed by atoms with van der Waals surface area (Å²) in [6.45, 7) is 16.2. The zero-order chi connectivity index (χ0) is 9.99. The molecule has 0 N–H and O–H groups in total. The Morgan fingerprint density at radius 2 is 1.42 bits per heavy atom. The molecule has 0 aliphatic carbocycles. The Hall–Kier alpha value is 0.394. The lowest BCUT2D eigenvalue weighted by Crippen LogP contribution is -2.35. The van der Waals surface area contributed by atoms with E-state index in [-0.39, 0.29) is 0 Å². The van der Waals surface area contributed by atoms with Crippen LogP contribution in [-0.4, -0.2) is 22.5 Å². The van der Waals surface area contributed by atoms with Crippen molar-refractivity contribution in [1.82, 2.24) is 0 Å². The fourth-order valence-electron chi connectivity index (χ4n) is 1.51. The molecule has 0 fully saturated rings. The van der Waals surface area contributed by atoms with Crippen molar-refractivity contribution in [2.75, 3.05) is 0 Å². The topological polar surface area (TPSA) is 9.23 Å². The predicted molar refractivity (Wildman–Crippen MR) is 62.0 cm³/mol. The van der Waals surface area contributed by atoms with Crippen LogP contribution in [0.5, 0.6) is 0 Å². The van der Waals surface area contributed by atoms with E-state index in [0.717, 1.165) is 0 Å². The van der Waals surface area contributed by atoms with Crippen LogP contribution < -0.4 is 0 Å². The molecule has 0 rings (SSSR count). The summed E-state index contributed by atoms with van der Waals surface area (Å²) < 4.78 is 5.99. The minimum atomic E-state index is -1.30. The number of rotatable bonds is 4. The molecule has 1 nitrogen and oxygen atoms in total. The maximum absolute atomic E-state index is 5.99. The molecule has 12 heavy (non-hydrogen) atoms. The molecule has 0 aromatic carbocycles. The molecule has 0 aromatic heterocycles. The van der Waals surface area contributed by atoms with Crippen LogP contribution in [0.1, 0.15) is 6.92 Å². The highest BCUT2D eigenvalue weighted by atomic mass is 28.4. The standard InChI is InChI=1S/C9H24OSi2/c1-9(8-11(2,3)4)10-12(5,6)7/h9H,8H2,1-7H3. The van der Waals surface area contributed by atoms with Crippen LogP contribution >= 0.6 is 0 Å². The van der Waals surface area contributed by atoms with E-state index in [1.807, 2.05) is 0 Å². The van der Waals surface area contributed by atoms with Gasteiger partial charge in [0.1, 0.15) is 0 Å². The van der Waals surface area contributed by atoms with Gasteiger partial charge in [-0.2, -0.15) is 0 Å². The van der Waals surface area contributed by atoms with E-state index >= 15 is 0 Å². The summed E-state index contributed by atoms with van der Waals surface area (Å²) in [6.07, 6.45) is 0.475. The minimum absolute atomic E-state index is 0.475. The Labute approximate surface area is 79.7 Å². The first-order valence-corrected chi connectivity index (χ1v) is 11.9. The third-order valence-electron chi connectivity index (χ3n) is 1.45. The number of hydrogen-bond acceptors (Lipinski definition) is 1. The zero-order valence-electron chi connectivity index (χ0n) is 9.69. The van der Waals surface area contributed by atoms with Crippen LogP contribution in [0, 0.1) is 0 Å². The summed E-state index contributed by atoms with van der Waals surface area (Å²) in [7, 11) is -2.22. The van der Waals surface area contributed by atoms with Gasteiger partial charge in [0.15, 0.2) is 8.32 Å². The van der Waals surface area contributed by atoms with Crippen molar-refractivity contribution >= 4 is 16.4 Å². The lowest BCUT2D eigenvalue weighted by Gasteiger charge is -2.27. The van der Waals surface area contributed by atoms with Gasteiger partial charge in [0, 0.05) is 14.2 Å². The van der Waals surface area contributed by atoms with Gasteiger partial charge in [-0.25, -0.2) is 0 Å². The van der Waals surface area contributed by atoms with E-state index in [0.29, 0.717) is 6.10 Å². The normalized spacial score (nSPS) is 16.2. The lowest BCUT2D eigenvalue weighted by molar-refractivity contribution is 0.233. The zero-order valence-corrected chi connectivity index (χ0v) is 11.7. The first-order chi connectivity index (χ1) is 5.10. The predicted octanol–water partition coefficient (Wildman–Crippen LogP) is 3.56. The Kier molecular flexibility index (Phi) is 4.20. The summed E-state index contributed by atoms with van der Waals surface area (Å²) in [4.78, 5) is 0.